The molecule has 0 amide bonds. The van der Waals surface area contributed by atoms with Crippen molar-refractivity contribution < 1.29 is 9.47 Å². The van der Waals surface area contributed by atoms with Crippen molar-refractivity contribution >= 4 is 5.69 Å². The van der Waals surface area contributed by atoms with E-state index in [1.807, 2.05) is 36.4 Å². The molecule has 0 saturated heterocycles. The Morgan fingerprint density at radius 2 is 1.21 bits per heavy atom. The number of ether oxygens (including phenoxy) is 2. The molecule has 4 nitrogen and oxygen atoms in total. The molecule has 0 spiro atoms. The molecule has 0 N–H and O–H groups in total. The van der Waals surface area contributed by atoms with Crippen LogP contribution in [-0.2, 0) is 9.47 Å². The predicted octanol–water partition coefficient (Wildman–Crippen LogP) is 9.84. The minimum absolute atomic E-state index is 0.657. The summed E-state index contributed by atoms with van der Waals surface area (Å²) in [5.74, 6) is -0.657. The largest absolute Gasteiger partial charge is 0.346 e. The summed E-state index contributed by atoms with van der Waals surface area (Å²) < 4.78 is 12.7. The first kappa shape index (κ1) is 28.5. The molecule has 2 rings (SSSR count). The van der Waals surface area contributed by atoms with Crippen LogP contribution in [0.15, 0.2) is 64.5 Å². The van der Waals surface area contributed by atoms with Gasteiger partial charge in [0.15, 0.2) is 5.79 Å². The van der Waals surface area contributed by atoms with Crippen molar-refractivity contribution in [3.63, 3.8) is 0 Å². The average molecular weight is 469 g/mol. The molecule has 0 fully saturated rings. The average Bonchev–Trinajstić information content (AvgIpc) is 2.87. The Kier molecular flexibility index (Phi) is 15.5. The van der Waals surface area contributed by atoms with Crippen LogP contribution in [0.4, 0.5) is 5.69 Å². The highest BCUT2D eigenvalue weighted by Gasteiger charge is 2.30. The van der Waals surface area contributed by atoms with Crippen LogP contribution in [0.2, 0.25) is 0 Å². The quantitative estimate of drug-likeness (QED) is 0.108. The minimum atomic E-state index is -0.657. The van der Waals surface area contributed by atoms with E-state index < -0.39 is 5.79 Å². The highest BCUT2D eigenvalue weighted by atomic mass is 16.7. The fourth-order valence-corrected chi connectivity index (χ4v) is 4.14. The molecule has 0 bridgehead atoms. The van der Waals surface area contributed by atoms with Crippen molar-refractivity contribution in [2.45, 2.75) is 116 Å². The van der Waals surface area contributed by atoms with E-state index in [1.165, 1.54) is 77.0 Å². The zero-order chi connectivity index (χ0) is 24.2. The highest BCUT2D eigenvalue weighted by Crippen LogP contribution is 2.29. The van der Waals surface area contributed by atoms with Crippen molar-refractivity contribution in [3.8, 4) is 0 Å². The van der Waals surface area contributed by atoms with E-state index in [2.05, 4.69) is 36.2 Å². The highest BCUT2D eigenvalue weighted by molar-refractivity contribution is 5.35. The van der Waals surface area contributed by atoms with Gasteiger partial charge in [0.2, 0.25) is 0 Å². The molecular weight excluding hydrogens is 420 g/mol. The summed E-state index contributed by atoms with van der Waals surface area (Å²) >= 11 is 0. The van der Waals surface area contributed by atoms with Crippen LogP contribution in [0.1, 0.15) is 110 Å². The van der Waals surface area contributed by atoms with Crippen molar-refractivity contribution in [2.24, 2.45) is 10.2 Å². The number of benzene rings is 1. The lowest BCUT2D eigenvalue weighted by molar-refractivity contribution is -0.204. The smallest absolute Gasteiger partial charge is 0.191 e. The Morgan fingerprint density at radius 3 is 1.71 bits per heavy atom. The van der Waals surface area contributed by atoms with Gasteiger partial charge >= 0.3 is 0 Å². The van der Waals surface area contributed by atoms with Crippen molar-refractivity contribution in [2.75, 3.05) is 13.2 Å². The van der Waals surface area contributed by atoms with Crippen LogP contribution in [0.5, 0.6) is 0 Å². The number of azo groups is 1. The summed E-state index contributed by atoms with van der Waals surface area (Å²) in [5.41, 5.74) is 1.72. The number of unbranched alkanes of at least 4 members (excludes halogenated alkanes) is 12. The Labute approximate surface area is 208 Å². The van der Waals surface area contributed by atoms with Crippen molar-refractivity contribution in [1.82, 2.24) is 0 Å². The third-order valence-electron chi connectivity index (χ3n) is 6.33. The second kappa shape index (κ2) is 18.5. The van der Waals surface area contributed by atoms with Crippen molar-refractivity contribution in [1.29, 1.82) is 0 Å². The maximum absolute atomic E-state index is 6.34. The van der Waals surface area contributed by atoms with Gasteiger partial charge in [-0.05, 0) is 37.1 Å². The standard InChI is InChI=1S/C30H48N2O2/c1-3-5-7-9-11-13-18-26-33-30(34-27-19-14-12-10-8-6-4-2)24-22-29(23-25-30)32-31-28-20-16-15-17-21-28/h15-17,20-24H,3-14,18-19,25-27H2,1-2H3. The Bertz CT molecular complexity index is 692. The van der Waals surface area contributed by atoms with Gasteiger partial charge in [-0.3, -0.25) is 0 Å². The molecule has 4 heteroatoms. The number of hydrogen-bond acceptors (Lipinski definition) is 4. The van der Waals surface area contributed by atoms with Gasteiger partial charge in [0.05, 0.1) is 24.6 Å². The first-order valence-corrected chi connectivity index (χ1v) is 13.9. The first-order valence-electron chi connectivity index (χ1n) is 13.9. The van der Waals surface area contributed by atoms with Crippen LogP contribution in [0.3, 0.4) is 0 Å². The summed E-state index contributed by atoms with van der Waals surface area (Å²) in [7, 11) is 0. The van der Waals surface area contributed by atoms with Crippen LogP contribution < -0.4 is 0 Å². The predicted molar refractivity (Wildman–Crippen MR) is 143 cm³/mol. The van der Waals surface area contributed by atoms with Gasteiger partial charge in [-0.2, -0.15) is 10.2 Å². The second-order valence-electron chi connectivity index (χ2n) is 9.45. The van der Waals surface area contributed by atoms with Gasteiger partial charge in [-0.15, -0.1) is 0 Å². The fraction of sp³-hybridized carbons (Fsp3) is 0.667. The van der Waals surface area contributed by atoms with E-state index in [4.69, 9.17) is 9.47 Å². The zero-order valence-electron chi connectivity index (χ0n) is 21.9. The fourth-order valence-electron chi connectivity index (χ4n) is 4.14. The van der Waals surface area contributed by atoms with Gasteiger partial charge in [-0.25, -0.2) is 0 Å². The molecule has 0 atom stereocenters. The number of allylic oxidation sites excluding steroid dienone is 1. The lowest BCUT2D eigenvalue weighted by atomic mass is 10.1. The molecule has 0 aliphatic heterocycles. The lowest BCUT2D eigenvalue weighted by Crippen LogP contribution is -2.35. The van der Waals surface area contributed by atoms with E-state index >= 15 is 0 Å². The SMILES string of the molecule is CCCCCCCCCOC1(OCCCCCCCCC)C=CC(N=Nc2ccccc2)=CC1. The summed E-state index contributed by atoms with van der Waals surface area (Å²) in [6.07, 6.45) is 24.8. The van der Waals surface area contributed by atoms with Gasteiger partial charge in [0, 0.05) is 6.42 Å². The van der Waals surface area contributed by atoms with Crippen LogP contribution in [0, 0.1) is 0 Å². The van der Waals surface area contributed by atoms with Crippen LogP contribution in [-0.4, -0.2) is 19.0 Å². The van der Waals surface area contributed by atoms with Gasteiger partial charge < -0.3 is 9.47 Å². The maximum atomic E-state index is 6.34. The zero-order valence-corrected chi connectivity index (χ0v) is 21.9. The number of nitrogens with zero attached hydrogens (tertiary/aromatic N) is 2. The number of rotatable bonds is 20. The Morgan fingerprint density at radius 1 is 0.676 bits per heavy atom. The van der Waals surface area contributed by atoms with Crippen molar-refractivity contribution in [3.05, 3.63) is 54.3 Å². The molecule has 1 aliphatic carbocycles. The van der Waals surface area contributed by atoms with E-state index in [0.29, 0.717) is 6.42 Å². The second-order valence-corrected chi connectivity index (χ2v) is 9.45. The molecule has 0 heterocycles. The maximum Gasteiger partial charge on any atom is 0.191 e. The van der Waals surface area contributed by atoms with Gasteiger partial charge in [-0.1, -0.05) is 115 Å². The Hall–Kier alpha value is -1.78. The van der Waals surface area contributed by atoms with Gasteiger partial charge in [0.1, 0.15) is 0 Å². The normalized spacial score (nSPS) is 15.2. The molecule has 1 aliphatic rings. The molecular formula is C30H48N2O2. The monoisotopic (exact) mass is 468 g/mol. The third kappa shape index (κ3) is 12.6. The molecule has 1 aromatic rings. The van der Waals surface area contributed by atoms with E-state index in [0.717, 1.165) is 37.4 Å². The van der Waals surface area contributed by atoms with E-state index in [1.54, 1.807) is 0 Å². The Balaban J connectivity index is 1.78. The topological polar surface area (TPSA) is 43.2 Å². The van der Waals surface area contributed by atoms with E-state index in [-0.39, 0.29) is 0 Å². The summed E-state index contributed by atoms with van der Waals surface area (Å²) in [6.45, 7) is 6.01. The summed E-state index contributed by atoms with van der Waals surface area (Å²) in [4.78, 5) is 0. The lowest BCUT2D eigenvalue weighted by Gasteiger charge is -2.32. The summed E-state index contributed by atoms with van der Waals surface area (Å²) in [5, 5.41) is 8.73. The molecule has 1 aromatic carbocycles. The number of hydrogen-bond donors (Lipinski definition) is 0. The molecule has 0 radical (unpaired) electrons. The molecule has 0 aromatic heterocycles. The van der Waals surface area contributed by atoms with E-state index in [9.17, 15) is 0 Å². The first-order chi connectivity index (χ1) is 16.8. The molecule has 190 valence electrons. The van der Waals surface area contributed by atoms with Gasteiger partial charge in [0.25, 0.3) is 0 Å². The molecule has 0 unspecified atom stereocenters. The molecule has 0 saturated carbocycles. The minimum Gasteiger partial charge on any atom is -0.346 e. The summed E-state index contributed by atoms with van der Waals surface area (Å²) in [6, 6.07) is 9.84. The van der Waals surface area contributed by atoms with Crippen LogP contribution in [0.25, 0.3) is 0 Å². The third-order valence-corrected chi connectivity index (χ3v) is 6.33. The molecule has 34 heavy (non-hydrogen) atoms. The van der Waals surface area contributed by atoms with Crippen LogP contribution >= 0.6 is 0 Å².